The van der Waals surface area contributed by atoms with Crippen molar-refractivity contribution < 1.29 is 19.5 Å². The predicted octanol–water partition coefficient (Wildman–Crippen LogP) is -0.385. The normalized spacial score (nSPS) is 17.9. The molecule has 3 N–H and O–H groups in total. The van der Waals surface area contributed by atoms with Crippen LogP contribution in [0, 0.1) is 0 Å². The van der Waals surface area contributed by atoms with Crippen molar-refractivity contribution in [3.05, 3.63) is 35.7 Å². The smallest absolute Gasteiger partial charge is 0.326 e. The van der Waals surface area contributed by atoms with Crippen LogP contribution < -0.4 is 10.8 Å². The Hall–Kier alpha value is -2.25. The minimum absolute atomic E-state index is 0.229. The van der Waals surface area contributed by atoms with Crippen LogP contribution in [0.3, 0.4) is 0 Å². The summed E-state index contributed by atoms with van der Waals surface area (Å²) in [6.07, 6.45) is 4.30. The second-order valence-corrected chi connectivity index (χ2v) is 3.96. The van der Waals surface area contributed by atoms with Gasteiger partial charge in [-0.3, -0.25) is 25.1 Å². The zero-order chi connectivity index (χ0) is 13.7. The number of nitrogens with zero attached hydrogens (tertiary/aromatic N) is 1. The Balaban J connectivity index is 1.85. The molecule has 1 unspecified atom stereocenters. The first kappa shape index (κ1) is 13.2. The van der Waals surface area contributed by atoms with Crippen LogP contribution in [0.25, 0.3) is 6.08 Å². The van der Waals surface area contributed by atoms with Crippen LogP contribution in [0.1, 0.15) is 11.3 Å². The molecule has 1 saturated heterocycles. The van der Waals surface area contributed by atoms with Gasteiger partial charge in [-0.05, 0) is 17.7 Å². The van der Waals surface area contributed by atoms with Crippen molar-refractivity contribution in [3.63, 3.8) is 0 Å². The van der Waals surface area contributed by atoms with E-state index in [4.69, 9.17) is 5.21 Å². The highest BCUT2D eigenvalue weighted by Gasteiger charge is 2.29. The van der Waals surface area contributed by atoms with Crippen LogP contribution in [0.2, 0.25) is 0 Å². The van der Waals surface area contributed by atoms with E-state index < -0.39 is 5.91 Å². The van der Waals surface area contributed by atoms with Crippen LogP contribution in [0.4, 0.5) is 0 Å². The lowest BCUT2D eigenvalue weighted by Crippen LogP contribution is -2.50. The third-order valence-corrected chi connectivity index (χ3v) is 2.59. The highest BCUT2D eigenvalue weighted by molar-refractivity contribution is 5.90. The van der Waals surface area contributed by atoms with E-state index in [1.807, 2.05) is 6.07 Å². The molecule has 0 aromatic carbocycles. The lowest BCUT2D eigenvalue weighted by molar-refractivity contribution is -0.163. The summed E-state index contributed by atoms with van der Waals surface area (Å²) in [5.41, 5.74) is 3.00. The number of hydrogen-bond donors (Lipinski definition) is 3. The maximum absolute atomic E-state index is 10.9. The SMILES string of the molecule is O=C(/C=C/c1ccc(CNC2COC2=O)cn1)NO. The average Bonchev–Trinajstić information content (AvgIpc) is 2.44. The maximum atomic E-state index is 10.9. The number of hydrogen-bond acceptors (Lipinski definition) is 6. The Morgan fingerprint density at radius 1 is 1.58 bits per heavy atom. The molecule has 1 amide bonds. The van der Waals surface area contributed by atoms with E-state index in [-0.39, 0.29) is 12.0 Å². The van der Waals surface area contributed by atoms with Crippen molar-refractivity contribution in [2.24, 2.45) is 0 Å². The number of carbonyl (C=O) groups excluding carboxylic acids is 2. The Kier molecular flexibility index (Phi) is 4.22. The summed E-state index contributed by atoms with van der Waals surface area (Å²) in [6.45, 7) is 0.928. The number of cyclic esters (lactones) is 1. The summed E-state index contributed by atoms with van der Waals surface area (Å²) in [7, 11) is 0. The van der Waals surface area contributed by atoms with Crippen molar-refractivity contribution in [1.29, 1.82) is 0 Å². The second kappa shape index (κ2) is 6.07. The molecule has 1 aliphatic heterocycles. The van der Waals surface area contributed by atoms with Crippen molar-refractivity contribution in [1.82, 2.24) is 15.8 Å². The summed E-state index contributed by atoms with van der Waals surface area (Å²) in [5.74, 6) is -0.849. The van der Waals surface area contributed by atoms with Crippen molar-refractivity contribution in [2.45, 2.75) is 12.6 Å². The van der Waals surface area contributed by atoms with Gasteiger partial charge < -0.3 is 4.74 Å². The molecule has 0 aliphatic carbocycles. The molecule has 1 atom stereocenters. The van der Waals surface area contributed by atoms with Gasteiger partial charge in [0, 0.05) is 18.8 Å². The fourth-order valence-electron chi connectivity index (χ4n) is 1.46. The lowest BCUT2D eigenvalue weighted by atomic mass is 10.2. The number of amides is 1. The predicted molar refractivity (Wildman–Crippen MR) is 64.8 cm³/mol. The molecule has 2 heterocycles. The number of nitrogens with one attached hydrogen (secondary N) is 2. The Morgan fingerprint density at radius 3 is 2.95 bits per heavy atom. The van der Waals surface area contributed by atoms with Crippen molar-refractivity contribution in [3.8, 4) is 0 Å². The number of hydroxylamine groups is 1. The molecule has 1 aromatic rings. The van der Waals surface area contributed by atoms with E-state index in [0.29, 0.717) is 18.8 Å². The highest BCUT2D eigenvalue weighted by atomic mass is 16.6. The number of aromatic nitrogens is 1. The fourth-order valence-corrected chi connectivity index (χ4v) is 1.46. The Morgan fingerprint density at radius 2 is 2.42 bits per heavy atom. The largest absolute Gasteiger partial charge is 0.462 e. The lowest BCUT2D eigenvalue weighted by Gasteiger charge is -2.25. The van der Waals surface area contributed by atoms with E-state index in [2.05, 4.69) is 15.0 Å². The molecule has 19 heavy (non-hydrogen) atoms. The van der Waals surface area contributed by atoms with Gasteiger partial charge >= 0.3 is 5.97 Å². The summed E-state index contributed by atoms with van der Waals surface area (Å²) in [4.78, 5) is 25.8. The topological polar surface area (TPSA) is 101 Å². The van der Waals surface area contributed by atoms with Gasteiger partial charge in [0.25, 0.3) is 5.91 Å². The van der Waals surface area contributed by atoms with Gasteiger partial charge in [-0.15, -0.1) is 0 Å². The van der Waals surface area contributed by atoms with Crippen LogP contribution in [0.15, 0.2) is 24.4 Å². The molecule has 100 valence electrons. The molecule has 0 saturated carbocycles. The van der Waals surface area contributed by atoms with Gasteiger partial charge in [0.2, 0.25) is 0 Å². The summed E-state index contributed by atoms with van der Waals surface area (Å²) >= 11 is 0. The van der Waals surface area contributed by atoms with Crippen LogP contribution >= 0.6 is 0 Å². The average molecular weight is 263 g/mol. The molecule has 7 heteroatoms. The molecule has 1 fully saturated rings. The van der Waals surface area contributed by atoms with Crippen molar-refractivity contribution >= 4 is 18.0 Å². The van der Waals surface area contributed by atoms with Crippen LogP contribution in [-0.2, 0) is 20.9 Å². The van der Waals surface area contributed by atoms with E-state index in [1.54, 1.807) is 12.3 Å². The van der Waals surface area contributed by atoms with Gasteiger partial charge in [0.1, 0.15) is 12.6 Å². The quantitative estimate of drug-likeness (QED) is 0.290. The first-order valence-electron chi connectivity index (χ1n) is 5.66. The summed E-state index contributed by atoms with van der Waals surface area (Å²) in [6, 6.07) is 3.34. The maximum Gasteiger partial charge on any atom is 0.326 e. The minimum atomic E-state index is -0.615. The molecule has 7 nitrogen and oxygen atoms in total. The van der Waals surface area contributed by atoms with Crippen LogP contribution in [0.5, 0.6) is 0 Å². The summed E-state index contributed by atoms with van der Waals surface area (Å²) < 4.78 is 4.63. The number of carbonyl (C=O) groups is 2. The van der Waals surface area contributed by atoms with Gasteiger partial charge in [-0.2, -0.15) is 0 Å². The third kappa shape index (κ3) is 3.60. The Bertz CT molecular complexity index is 498. The zero-order valence-corrected chi connectivity index (χ0v) is 10.00. The van der Waals surface area contributed by atoms with Crippen molar-refractivity contribution in [2.75, 3.05) is 6.61 Å². The Labute approximate surface area is 109 Å². The molecular weight excluding hydrogens is 250 g/mol. The molecular formula is C12H13N3O4. The van der Waals surface area contributed by atoms with Crippen LogP contribution in [-0.4, -0.2) is 34.7 Å². The fraction of sp³-hybridized carbons (Fsp3) is 0.250. The molecule has 0 bridgehead atoms. The third-order valence-electron chi connectivity index (χ3n) is 2.59. The standard InChI is InChI=1S/C12H13N3O4/c16-11(15-18)4-3-9-2-1-8(5-13-9)6-14-10-7-19-12(10)17/h1-5,10,14,18H,6-7H2,(H,15,16)/b4-3+. The van der Waals surface area contributed by atoms with Gasteiger partial charge in [0.15, 0.2) is 0 Å². The first-order chi connectivity index (χ1) is 9.19. The number of pyridine rings is 1. The van der Waals surface area contributed by atoms with E-state index >= 15 is 0 Å². The van der Waals surface area contributed by atoms with Gasteiger partial charge in [-0.25, -0.2) is 5.48 Å². The first-order valence-corrected chi connectivity index (χ1v) is 5.66. The monoisotopic (exact) mass is 263 g/mol. The molecule has 1 aromatic heterocycles. The van der Waals surface area contributed by atoms with E-state index in [1.165, 1.54) is 17.6 Å². The molecule has 0 radical (unpaired) electrons. The molecule has 0 spiro atoms. The highest BCUT2D eigenvalue weighted by Crippen LogP contribution is 2.06. The number of rotatable bonds is 5. The second-order valence-electron chi connectivity index (χ2n) is 3.96. The molecule has 1 aliphatic rings. The van der Waals surface area contributed by atoms with Gasteiger partial charge in [0.05, 0.1) is 5.69 Å². The zero-order valence-electron chi connectivity index (χ0n) is 10.00. The molecule has 2 rings (SSSR count). The van der Waals surface area contributed by atoms with E-state index in [9.17, 15) is 9.59 Å². The minimum Gasteiger partial charge on any atom is -0.462 e. The van der Waals surface area contributed by atoms with E-state index in [0.717, 1.165) is 5.56 Å². The number of ether oxygens (including phenoxy) is 1. The number of esters is 1. The summed E-state index contributed by atoms with van der Waals surface area (Å²) in [5, 5.41) is 11.3. The van der Waals surface area contributed by atoms with Gasteiger partial charge in [-0.1, -0.05) is 6.07 Å².